The zero-order chi connectivity index (χ0) is 26.7. The van der Waals surface area contributed by atoms with Gasteiger partial charge in [0.2, 0.25) is 16.0 Å². The van der Waals surface area contributed by atoms with Gasteiger partial charge in [0, 0.05) is 55.0 Å². The Balaban J connectivity index is 1.29. The lowest BCUT2D eigenvalue weighted by molar-refractivity contribution is 0.138. The minimum atomic E-state index is -3.38. The van der Waals surface area contributed by atoms with Crippen LogP contribution in [0.2, 0.25) is 0 Å². The number of sulfonamides is 1. The molecule has 9 nitrogen and oxygen atoms in total. The number of fused-ring (bicyclic) bond motifs is 1. The molecule has 1 aliphatic heterocycles. The van der Waals surface area contributed by atoms with Crippen LogP contribution in [0.25, 0.3) is 21.3 Å². The second-order valence-electron chi connectivity index (χ2n) is 9.56. The summed E-state index contributed by atoms with van der Waals surface area (Å²) in [5, 5.41) is 5.25. The lowest BCUT2D eigenvalue weighted by Crippen LogP contribution is -2.46. The highest BCUT2D eigenvalue weighted by atomic mass is 32.2. The Morgan fingerprint density at radius 1 is 1.00 bits per heavy atom. The number of aromatic nitrogens is 2. The number of hydrogen-bond donors (Lipinski definition) is 3. The van der Waals surface area contributed by atoms with Crippen LogP contribution in [0.15, 0.2) is 53.9 Å². The molecule has 5 rings (SSSR count). The molecule has 38 heavy (non-hydrogen) atoms. The lowest BCUT2D eigenvalue weighted by atomic mass is 10.1. The van der Waals surface area contributed by atoms with Gasteiger partial charge >= 0.3 is 0 Å². The molecule has 2 aromatic heterocycles. The zero-order valence-corrected chi connectivity index (χ0v) is 23.3. The smallest absolute Gasteiger partial charge is 0.229 e. The van der Waals surface area contributed by atoms with Gasteiger partial charge in [0.15, 0.2) is 0 Å². The van der Waals surface area contributed by atoms with Gasteiger partial charge in [-0.1, -0.05) is 31.2 Å². The molecule has 3 heterocycles. The van der Waals surface area contributed by atoms with Crippen LogP contribution in [0.1, 0.15) is 12.5 Å². The molecule has 0 saturated carbocycles. The largest absolute Gasteiger partial charge is 0.382 e. The van der Waals surface area contributed by atoms with Gasteiger partial charge in [-0.15, -0.1) is 11.3 Å². The van der Waals surface area contributed by atoms with Crippen LogP contribution in [0.5, 0.6) is 0 Å². The van der Waals surface area contributed by atoms with Crippen LogP contribution < -0.4 is 15.8 Å². The Morgan fingerprint density at radius 3 is 2.45 bits per heavy atom. The Bertz CT molecular complexity index is 1510. The number of likely N-dealkylation sites (N-methyl/N-ethyl adjacent to an activating group) is 1. The maximum Gasteiger partial charge on any atom is 0.229 e. The van der Waals surface area contributed by atoms with E-state index in [1.807, 2.05) is 29.6 Å². The number of thiophene rings is 1. The topological polar surface area (TPSA) is 116 Å². The van der Waals surface area contributed by atoms with Gasteiger partial charge in [-0.3, -0.25) is 4.72 Å². The molecule has 0 unspecified atom stereocenters. The molecule has 0 amide bonds. The molecule has 200 valence electrons. The van der Waals surface area contributed by atoms with Crippen molar-refractivity contribution in [2.45, 2.75) is 13.3 Å². The first-order valence-corrected chi connectivity index (χ1v) is 15.5. The zero-order valence-electron chi connectivity index (χ0n) is 21.6. The third kappa shape index (κ3) is 6.41. The average Bonchev–Trinajstić information content (AvgIpc) is 3.32. The Labute approximate surface area is 227 Å². The highest BCUT2D eigenvalue weighted by Crippen LogP contribution is 2.37. The molecule has 0 bridgehead atoms. The van der Waals surface area contributed by atoms with Crippen LogP contribution in [-0.4, -0.2) is 73.7 Å². The van der Waals surface area contributed by atoms with Crippen molar-refractivity contribution in [3.8, 4) is 11.1 Å². The summed E-state index contributed by atoms with van der Waals surface area (Å²) in [6.45, 7) is 9.01. The number of nitrogens with zero attached hydrogens (tertiary/aromatic N) is 4. The third-order valence-corrected chi connectivity index (χ3v) is 8.36. The molecule has 2 aromatic carbocycles. The fraction of sp³-hybridized carbons (Fsp3) is 0.333. The fourth-order valence-corrected chi connectivity index (χ4v) is 6.14. The van der Waals surface area contributed by atoms with Crippen LogP contribution in [0, 0.1) is 0 Å². The summed E-state index contributed by atoms with van der Waals surface area (Å²) in [4.78, 5) is 14.3. The van der Waals surface area contributed by atoms with Gasteiger partial charge in [0.25, 0.3) is 0 Å². The predicted octanol–water partition coefficient (Wildman–Crippen LogP) is 4.24. The van der Waals surface area contributed by atoms with Gasteiger partial charge in [-0.2, -0.15) is 4.98 Å². The summed E-state index contributed by atoms with van der Waals surface area (Å²) >= 11 is 1.47. The van der Waals surface area contributed by atoms with Crippen LogP contribution in [-0.2, 0) is 16.4 Å². The number of benzene rings is 2. The molecule has 4 aromatic rings. The van der Waals surface area contributed by atoms with E-state index >= 15 is 0 Å². The van der Waals surface area contributed by atoms with E-state index in [4.69, 9.17) is 10.7 Å². The summed E-state index contributed by atoms with van der Waals surface area (Å²) in [6.07, 6.45) is 2.15. The van der Waals surface area contributed by atoms with E-state index in [2.05, 4.69) is 43.9 Å². The molecule has 0 aliphatic carbocycles. The van der Waals surface area contributed by atoms with E-state index in [1.165, 1.54) is 16.9 Å². The number of nitrogens with two attached hydrogens (primary N) is 1. The molecule has 0 radical (unpaired) electrons. The van der Waals surface area contributed by atoms with Crippen molar-refractivity contribution in [1.82, 2.24) is 19.8 Å². The number of piperazine rings is 1. The summed E-state index contributed by atoms with van der Waals surface area (Å²) < 4.78 is 26.7. The summed E-state index contributed by atoms with van der Waals surface area (Å²) in [5.74, 6) is 0.820. The van der Waals surface area contributed by atoms with Gasteiger partial charge in [0.1, 0.15) is 5.82 Å². The molecule has 1 saturated heterocycles. The molecule has 1 fully saturated rings. The normalized spacial score (nSPS) is 15.1. The lowest BCUT2D eigenvalue weighted by Gasteiger charge is -2.34. The van der Waals surface area contributed by atoms with Crippen molar-refractivity contribution in [2.75, 3.05) is 61.3 Å². The highest BCUT2D eigenvalue weighted by molar-refractivity contribution is 7.92. The second-order valence-corrected chi connectivity index (χ2v) is 12.2. The minimum Gasteiger partial charge on any atom is -0.382 e. The van der Waals surface area contributed by atoms with Crippen molar-refractivity contribution in [2.24, 2.45) is 0 Å². The molecular weight excluding hydrogens is 518 g/mol. The molecule has 11 heteroatoms. The maximum atomic E-state index is 11.7. The van der Waals surface area contributed by atoms with E-state index in [9.17, 15) is 8.42 Å². The van der Waals surface area contributed by atoms with Gasteiger partial charge in [0.05, 0.1) is 16.5 Å². The van der Waals surface area contributed by atoms with Crippen molar-refractivity contribution < 1.29 is 8.42 Å². The summed E-state index contributed by atoms with van der Waals surface area (Å²) in [6, 6.07) is 15.6. The monoisotopic (exact) mass is 551 g/mol. The second kappa shape index (κ2) is 11.2. The number of hydrogen-bond acceptors (Lipinski definition) is 9. The van der Waals surface area contributed by atoms with Crippen molar-refractivity contribution in [3.63, 3.8) is 0 Å². The summed E-state index contributed by atoms with van der Waals surface area (Å²) in [5.41, 5.74) is 11.4. The number of nitrogen functional groups attached to an aromatic ring is 1. The van der Waals surface area contributed by atoms with Gasteiger partial charge in [-0.25, -0.2) is 13.4 Å². The number of nitrogens with one attached hydrogen (secondary N) is 2. The molecule has 1 aliphatic rings. The SMILES string of the molecule is CCN1CCN(CCc2ccc(Nc3nc(N)c4scc(-c5cccc(NS(C)(=O)=O)c5)c4n3)cc2)CC1. The molecule has 0 atom stereocenters. The van der Waals surface area contributed by atoms with Crippen molar-refractivity contribution in [3.05, 3.63) is 59.5 Å². The quantitative estimate of drug-likeness (QED) is 0.283. The average molecular weight is 552 g/mol. The third-order valence-electron chi connectivity index (χ3n) is 6.76. The summed E-state index contributed by atoms with van der Waals surface area (Å²) in [7, 11) is -3.38. The highest BCUT2D eigenvalue weighted by Gasteiger charge is 2.16. The predicted molar refractivity (Wildman–Crippen MR) is 158 cm³/mol. The van der Waals surface area contributed by atoms with E-state index in [0.717, 1.165) is 79.0 Å². The Morgan fingerprint density at radius 2 is 1.74 bits per heavy atom. The fourth-order valence-electron chi connectivity index (χ4n) is 4.67. The van der Waals surface area contributed by atoms with E-state index < -0.39 is 10.0 Å². The van der Waals surface area contributed by atoms with E-state index in [-0.39, 0.29) is 0 Å². The number of anilines is 4. The van der Waals surface area contributed by atoms with Gasteiger partial charge in [-0.05, 0) is 48.4 Å². The first-order valence-electron chi connectivity index (χ1n) is 12.7. The standard InChI is InChI=1S/C27H33N7O2S2/c1-3-33-13-15-34(16-14-33)12-11-19-7-9-21(10-8-19)29-27-30-24-23(18-37-25(24)26(28)31-27)20-5-4-6-22(17-20)32-38(2,35)36/h4-10,17-18,32H,3,11-16H2,1-2H3,(H3,28,29,30,31). The van der Waals surface area contributed by atoms with Crippen LogP contribution in [0.4, 0.5) is 23.1 Å². The molecule has 0 spiro atoms. The minimum absolute atomic E-state index is 0.402. The first-order chi connectivity index (χ1) is 18.3. The molecular formula is C27H33N7O2S2. The van der Waals surface area contributed by atoms with Crippen LogP contribution in [0.3, 0.4) is 0 Å². The van der Waals surface area contributed by atoms with Crippen molar-refractivity contribution >= 4 is 54.7 Å². The Hall–Kier alpha value is -3.25. The Kier molecular flexibility index (Phi) is 7.80. The maximum absolute atomic E-state index is 11.7. The molecule has 4 N–H and O–H groups in total. The van der Waals surface area contributed by atoms with Crippen LogP contribution >= 0.6 is 11.3 Å². The van der Waals surface area contributed by atoms with Gasteiger partial charge < -0.3 is 20.9 Å². The van der Waals surface area contributed by atoms with Crippen molar-refractivity contribution in [1.29, 1.82) is 0 Å². The first kappa shape index (κ1) is 26.4. The number of rotatable bonds is 9. The van der Waals surface area contributed by atoms with E-state index in [1.54, 1.807) is 12.1 Å². The van der Waals surface area contributed by atoms with E-state index in [0.29, 0.717) is 17.5 Å².